The van der Waals surface area contributed by atoms with E-state index in [2.05, 4.69) is 20.6 Å². The minimum Gasteiger partial charge on any atom is -0.495 e. The molecule has 0 saturated heterocycles. The number of esters is 1. The fourth-order valence-corrected chi connectivity index (χ4v) is 2.47. The molecule has 1 heterocycles. The van der Waals surface area contributed by atoms with E-state index in [0.29, 0.717) is 28.5 Å². The molecule has 0 fully saturated rings. The molecule has 3 rings (SSSR count). The summed E-state index contributed by atoms with van der Waals surface area (Å²) in [4.78, 5) is 32.3. The van der Waals surface area contributed by atoms with E-state index in [0.717, 1.165) is 0 Å². The molecule has 8 nitrogen and oxygen atoms in total. The van der Waals surface area contributed by atoms with E-state index in [1.54, 1.807) is 42.5 Å². The molecule has 0 unspecified atom stereocenters. The first-order chi connectivity index (χ1) is 13.6. The number of nitrogens with one attached hydrogen (secondary N) is 2. The molecular formula is C20H18N4O4. The lowest BCUT2D eigenvalue weighted by Gasteiger charge is -2.10. The Hall–Kier alpha value is -3.94. The van der Waals surface area contributed by atoms with Gasteiger partial charge in [-0.25, -0.2) is 14.8 Å². The fraction of sp³-hybridized carbons (Fsp3) is 0.100. The van der Waals surface area contributed by atoms with E-state index in [4.69, 9.17) is 9.47 Å². The number of para-hydroxylation sites is 2. The average Bonchev–Trinajstić information content (AvgIpc) is 2.74. The monoisotopic (exact) mass is 378 g/mol. The predicted octanol–water partition coefficient (Wildman–Crippen LogP) is 3.27. The Morgan fingerprint density at radius 1 is 0.964 bits per heavy atom. The Kier molecular flexibility index (Phi) is 5.81. The number of methoxy groups -OCH3 is 2. The van der Waals surface area contributed by atoms with Crippen molar-refractivity contribution in [2.45, 2.75) is 0 Å². The quantitative estimate of drug-likeness (QED) is 0.635. The minimum atomic E-state index is -0.441. The van der Waals surface area contributed by atoms with Crippen LogP contribution in [-0.2, 0) is 4.74 Å². The molecule has 0 bridgehead atoms. The molecule has 2 aromatic carbocycles. The van der Waals surface area contributed by atoms with Gasteiger partial charge in [0.1, 0.15) is 23.6 Å². The highest BCUT2D eigenvalue weighted by Crippen LogP contribution is 2.24. The normalized spacial score (nSPS) is 10.1. The van der Waals surface area contributed by atoms with Crippen molar-refractivity contribution < 1.29 is 19.1 Å². The number of carbonyl (C=O) groups excluding carboxylic acids is 2. The molecule has 142 valence electrons. The Labute approximate surface area is 161 Å². The maximum Gasteiger partial charge on any atom is 0.337 e. The van der Waals surface area contributed by atoms with Crippen LogP contribution in [0.15, 0.2) is 60.9 Å². The molecule has 1 aromatic heterocycles. The Balaban J connectivity index is 1.77. The number of rotatable bonds is 6. The smallest absolute Gasteiger partial charge is 0.337 e. The summed E-state index contributed by atoms with van der Waals surface area (Å²) >= 11 is 0. The number of carbonyl (C=O) groups is 2. The maximum atomic E-state index is 12.5. The Morgan fingerprint density at radius 2 is 1.79 bits per heavy atom. The Bertz CT molecular complexity index is 1010. The van der Waals surface area contributed by atoms with E-state index < -0.39 is 11.9 Å². The van der Waals surface area contributed by atoms with Crippen LogP contribution in [0.2, 0.25) is 0 Å². The minimum absolute atomic E-state index is 0.174. The molecule has 0 atom stereocenters. The van der Waals surface area contributed by atoms with Crippen molar-refractivity contribution in [1.29, 1.82) is 0 Å². The van der Waals surface area contributed by atoms with Crippen molar-refractivity contribution in [3.05, 3.63) is 72.2 Å². The highest BCUT2D eigenvalue weighted by molar-refractivity contribution is 6.04. The van der Waals surface area contributed by atoms with Crippen molar-refractivity contribution >= 4 is 29.1 Å². The van der Waals surface area contributed by atoms with Gasteiger partial charge in [0.2, 0.25) is 0 Å². The van der Waals surface area contributed by atoms with Crippen LogP contribution in [0, 0.1) is 0 Å². The van der Waals surface area contributed by atoms with Crippen LogP contribution < -0.4 is 15.4 Å². The highest BCUT2D eigenvalue weighted by atomic mass is 16.5. The summed E-state index contributed by atoms with van der Waals surface area (Å²) in [7, 11) is 2.85. The van der Waals surface area contributed by atoms with Crippen LogP contribution in [0.5, 0.6) is 5.75 Å². The van der Waals surface area contributed by atoms with Gasteiger partial charge in [-0.1, -0.05) is 18.2 Å². The summed E-state index contributed by atoms with van der Waals surface area (Å²) in [6.45, 7) is 0. The van der Waals surface area contributed by atoms with Gasteiger partial charge >= 0.3 is 5.97 Å². The van der Waals surface area contributed by atoms with Crippen molar-refractivity contribution in [1.82, 2.24) is 9.97 Å². The number of hydrogen-bond acceptors (Lipinski definition) is 7. The van der Waals surface area contributed by atoms with Gasteiger partial charge in [0.15, 0.2) is 0 Å². The molecule has 28 heavy (non-hydrogen) atoms. The molecule has 8 heteroatoms. The van der Waals surface area contributed by atoms with Crippen molar-refractivity contribution in [2.75, 3.05) is 24.9 Å². The van der Waals surface area contributed by atoms with Crippen molar-refractivity contribution in [2.24, 2.45) is 0 Å². The topological polar surface area (TPSA) is 102 Å². The number of aromatic nitrogens is 2. The van der Waals surface area contributed by atoms with Gasteiger partial charge in [-0.2, -0.15) is 0 Å². The first-order valence-electron chi connectivity index (χ1n) is 8.32. The third-order valence-electron chi connectivity index (χ3n) is 3.81. The van der Waals surface area contributed by atoms with Gasteiger partial charge < -0.3 is 20.1 Å². The van der Waals surface area contributed by atoms with E-state index in [-0.39, 0.29) is 5.69 Å². The first-order valence-corrected chi connectivity index (χ1v) is 8.32. The molecule has 0 aliphatic heterocycles. The number of ether oxygens (including phenoxy) is 2. The van der Waals surface area contributed by atoms with Crippen LogP contribution in [0.4, 0.5) is 17.2 Å². The van der Waals surface area contributed by atoms with Crippen LogP contribution >= 0.6 is 0 Å². The van der Waals surface area contributed by atoms with E-state index in [9.17, 15) is 9.59 Å². The Morgan fingerprint density at radius 3 is 2.57 bits per heavy atom. The van der Waals surface area contributed by atoms with Gasteiger partial charge in [-0.15, -0.1) is 0 Å². The van der Waals surface area contributed by atoms with E-state index >= 15 is 0 Å². The average molecular weight is 378 g/mol. The van der Waals surface area contributed by atoms with E-state index in [1.807, 2.05) is 6.07 Å². The molecular weight excluding hydrogens is 360 g/mol. The standard InChI is InChI=1S/C20H18N4O4/c1-27-17-9-4-3-8-15(17)24-19(25)16-11-18(22-12-21-16)23-14-7-5-6-13(10-14)20(26)28-2/h3-12H,1-2H3,(H,24,25)(H,21,22,23). The highest BCUT2D eigenvalue weighted by Gasteiger charge is 2.12. The maximum absolute atomic E-state index is 12.5. The summed E-state index contributed by atoms with van der Waals surface area (Å²) in [5.74, 6) is 0.103. The summed E-state index contributed by atoms with van der Waals surface area (Å²) in [5, 5.41) is 5.80. The third-order valence-corrected chi connectivity index (χ3v) is 3.81. The van der Waals surface area contributed by atoms with Crippen LogP contribution in [0.3, 0.4) is 0 Å². The van der Waals surface area contributed by atoms with Crippen molar-refractivity contribution in [3.8, 4) is 5.75 Å². The zero-order chi connectivity index (χ0) is 19.9. The van der Waals surface area contributed by atoms with Crippen LogP contribution in [0.1, 0.15) is 20.8 Å². The number of amides is 1. The molecule has 0 aliphatic rings. The zero-order valence-corrected chi connectivity index (χ0v) is 15.3. The fourth-order valence-electron chi connectivity index (χ4n) is 2.47. The predicted molar refractivity (Wildman–Crippen MR) is 104 cm³/mol. The summed E-state index contributed by atoms with van der Waals surface area (Å²) in [5.41, 5.74) is 1.73. The van der Waals surface area contributed by atoms with Crippen LogP contribution in [-0.4, -0.2) is 36.1 Å². The van der Waals surface area contributed by atoms with Gasteiger partial charge in [-0.05, 0) is 30.3 Å². The zero-order valence-electron chi connectivity index (χ0n) is 15.3. The van der Waals surface area contributed by atoms with Crippen LogP contribution in [0.25, 0.3) is 0 Å². The van der Waals surface area contributed by atoms with Gasteiger partial charge in [-0.3, -0.25) is 4.79 Å². The SMILES string of the molecule is COC(=O)c1cccc(Nc2cc(C(=O)Nc3ccccc3OC)ncn2)c1. The van der Waals surface area contributed by atoms with Gasteiger partial charge in [0, 0.05) is 11.8 Å². The lowest BCUT2D eigenvalue weighted by molar-refractivity contribution is 0.0600. The van der Waals surface area contributed by atoms with Gasteiger partial charge in [0.05, 0.1) is 25.5 Å². The summed E-state index contributed by atoms with van der Waals surface area (Å²) in [6, 6.07) is 15.3. The van der Waals surface area contributed by atoms with Gasteiger partial charge in [0.25, 0.3) is 5.91 Å². The summed E-state index contributed by atoms with van der Waals surface area (Å²) in [6.07, 6.45) is 1.28. The lowest BCUT2D eigenvalue weighted by atomic mass is 10.2. The van der Waals surface area contributed by atoms with Crippen molar-refractivity contribution in [3.63, 3.8) is 0 Å². The number of benzene rings is 2. The second-order valence-corrected chi connectivity index (χ2v) is 5.64. The molecule has 0 saturated carbocycles. The molecule has 0 aliphatic carbocycles. The largest absolute Gasteiger partial charge is 0.495 e. The molecule has 0 radical (unpaired) electrons. The van der Waals surface area contributed by atoms with E-state index in [1.165, 1.54) is 26.6 Å². The number of hydrogen-bond donors (Lipinski definition) is 2. The molecule has 2 N–H and O–H groups in total. The molecule has 1 amide bonds. The number of nitrogens with zero attached hydrogens (tertiary/aromatic N) is 2. The lowest BCUT2D eigenvalue weighted by Crippen LogP contribution is -2.15. The number of anilines is 3. The second kappa shape index (κ2) is 8.63. The summed E-state index contributed by atoms with van der Waals surface area (Å²) < 4.78 is 9.94. The molecule has 3 aromatic rings. The first kappa shape index (κ1) is 18.8. The molecule has 0 spiro atoms. The third kappa shape index (κ3) is 4.42. The second-order valence-electron chi connectivity index (χ2n) is 5.64.